The zero-order valence-electron chi connectivity index (χ0n) is 17.6. The van der Waals surface area contributed by atoms with E-state index in [4.69, 9.17) is 4.98 Å². The summed E-state index contributed by atoms with van der Waals surface area (Å²) in [6.45, 7) is 4.36. The number of hydrogen-bond acceptors (Lipinski definition) is 3. The molecule has 3 aromatic carbocycles. The number of benzene rings is 3. The summed E-state index contributed by atoms with van der Waals surface area (Å²) >= 11 is 0. The SMILES string of the molecule is CC(C)c1ccc(Nc2ncc3c(n2)-c2ccccc2C(c2ccccc2F)C3)cc1. The standard InChI is InChI=1S/C27H24FN3/c1-17(2)18-11-13-20(14-12-18)30-27-29-16-19-15-24(22-8-5-6-10-25(22)28)21-7-3-4-9-23(21)26(19)31-27/h3-14,16-17,24H,15H2,1-2H3,(H,29,30,31). The molecule has 0 amide bonds. The van der Waals surface area contributed by atoms with Gasteiger partial charge in [0.05, 0.1) is 5.69 Å². The van der Waals surface area contributed by atoms with Crippen LogP contribution in [0, 0.1) is 5.82 Å². The molecule has 4 heteroatoms. The van der Waals surface area contributed by atoms with Crippen molar-refractivity contribution in [1.82, 2.24) is 9.97 Å². The highest BCUT2D eigenvalue weighted by molar-refractivity contribution is 5.73. The molecule has 1 atom stereocenters. The highest BCUT2D eigenvalue weighted by Crippen LogP contribution is 2.42. The second-order valence-electron chi connectivity index (χ2n) is 8.33. The molecule has 0 radical (unpaired) electrons. The van der Waals surface area contributed by atoms with Crippen molar-refractivity contribution in [3.05, 3.63) is 107 Å². The number of nitrogens with one attached hydrogen (secondary N) is 1. The molecule has 1 N–H and O–H groups in total. The van der Waals surface area contributed by atoms with Gasteiger partial charge >= 0.3 is 0 Å². The van der Waals surface area contributed by atoms with E-state index < -0.39 is 0 Å². The van der Waals surface area contributed by atoms with Crippen LogP contribution in [0.3, 0.4) is 0 Å². The normalized spacial score (nSPS) is 14.8. The molecule has 0 spiro atoms. The molecule has 5 rings (SSSR count). The summed E-state index contributed by atoms with van der Waals surface area (Å²) in [5, 5.41) is 3.32. The molecule has 1 aliphatic rings. The summed E-state index contributed by atoms with van der Waals surface area (Å²) in [6.07, 6.45) is 2.55. The zero-order valence-corrected chi connectivity index (χ0v) is 17.6. The molecule has 31 heavy (non-hydrogen) atoms. The number of nitrogens with zero attached hydrogens (tertiary/aromatic N) is 2. The lowest BCUT2D eigenvalue weighted by Crippen LogP contribution is -2.16. The second kappa shape index (κ2) is 7.95. The number of halogens is 1. The first kappa shape index (κ1) is 19.4. The van der Waals surface area contributed by atoms with Gasteiger partial charge in [0.15, 0.2) is 0 Å². The molecule has 1 heterocycles. The number of aromatic nitrogens is 2. The summed E-state index contributed by atoms with van der Waals surface area (Å²) in [4.78, 5) is 9.39. The van der Waals surface area contributed by atoms with Crippen molar-refractivity contribution in [2.24, 2.45) is 0 Å². The predicted molar refractivity (Wildman–Crippen MR) is 123 cm³/mol. The van der Waals surface area contributed by atoms with E-state index in [0.29, 0.717) is 23.9 Å². The number of anilines is 2. The van der Waals surface area contributed by atoms with Gasteiger partial charge in [-0.2, -0.15) is 0 Å². The van der Waals surface area contributed by atoms with Crippen LogP contribution >= 0.6 is 0 Å². The van der Waals surface area contributed by atoms with Crippen LogP contribution < -0.4 is 5.32 Å². The Hall–Kier alpha value is -3.53. The van der Waals surface area contributed by atoms with E-state index in [2.05, 4.69) is 60.5 Å². The first-order chi connectivity index (χ1) is 15.1. The maximum absolute atomic E-state index is 14.6. The Morgan fingerprint density at radius 2 is 1.61 bits per heavy atom. The van der Waals surface area contributed by atoms with Crippen molar-refractivity contribution >= 4 is 11.6 Å². The highest BCUT2D eigenvalue weighted by atomic mass is 19.1. The fourth-order valence-electron chi connectivity index (χ4n) is 4.31. The van der Waals surface area contributed by atoms with E-state index in [9.17, 15) is 4.39 Å². The molecule has 0 fully saturated rings. The van der Waals surface area contributed by atoms with E-state index in [1.807, 2.05) is 30.5 Å². The van der Waals surface area contributed by atoms with Gasteiger partial charge in [-0.3, -0.25) is 0 Å². The van der Waals surface area contributed by atoms with E-state index in [1.165, 1.54) is 11.6 Å². The lowest BCUT2D eigenvalue weighted by Gasteiger charge is -2.27. The van der Waals surface area contributed by atoms with Gasteiger partial charge in [0.1, 0.15) is 5.82 Å². The van der Waals surface area contributed by atoms with Gasteiger partial charge in [-0.25, -0.2) is 14.4 Å². The van der Waals surface area contributed by atoms with Crippen molar-refractivity contribution < 1.29 is 4.39 Å². The van der Waals surface area contributed by atoms with Crippen LogP contribution in [-0.4, -0.2) is 9.97 Å². The first-order valence-electron chi connectivity index (χ1n) is 10.7. The monoisotopic (exact) mass is 409 g/mol. The summed E-state index contributed by atoms with van der Waals surface area (Å²) in [5.74, 6) is 0.842. The second-order valence-corrected chi connectivity index (χ2v) is 8.33. The van der Waals surface area contributed by atoms with Gasteiger partial charge in [0, 0.05) is 23.4 Å². The van der Waals surface area contributed by atoms with Gasteiger partial charge in [-0.15, -0.1) is 0 Å². The Kier molecular flexibility index (Phi) is 4.99. The van der Waals surface area contributed by atoms with Gasteiger partial charge in [0.2, 0.25) is 5.95 Å². The third-order valence-electron chi connectivity index (χ3n) is 5.99. The smallest absolute Gasteiger partial charge is 0.227 e. The largest absolute Gasteiger partial charge is 0.324 e. The summed E-state index contributed by atoms with van der Waals surface area (Å²) < 4.78 is 14.6. The van der Waals surface area contributed by atoms with Crippen LogP contribution in [0.2, 0.25) is 0 Å². The number of rotatable bonds is 4. The summed E-state index contributed by atoms with van der Waals surface area (Å²) in [6, 6.07) is 23.5. The third kappa shape index (κ3) is 3.70. The van der Waals surface area contributed by atoms with Crippen LogP contribution in [-0.2, 0) is 6.42 Å². The van der Waals surface area contributed by atoms with E-state index in [0.717, 1.165) is 28.1 Å². The van der Waals surface area contributed by atoms with E-state index >= 15 is 0 Å². The first-order valence-corrected chi connectivity index (χ1v) is 10.7. The average molecular weight is 410 g/mol. The maximum atomic E-state index is 14.6. The molecule has 0 aliphatic heterocycles. The van der Waals surface area contributed by atoms with Crippen molar-refractivity contribution in [2.75, 3.05) is 5.32 Å². The molecule has 1 aliphatic carbocycles. The minimum Gasteiger partial charge on any atom is -0.324 e. The van der Waals surface area contributed by atoms with Gasteiger partial charge in [-0.1, -0.05) is 68.4 Å². The molecular weight excluding hydrogens is 385 g/mol. The van der Waals surface area contributed by atoms with Crippen molar-refractivity contribution in [3.8, 4) is 11.3 Å². The molecule has 3 nitrogen and oxygen atoms in total. The van der Waals surface area contributed by atoms with Gasteiger partial charge < -0.3 is 5.32 Å². The minimum atomic E-state index is -0.171. The summed E-state index contributed by atoms with van der Waals surface area (Å²) in [7, 11) is 0. The molecule has 4 aromatic rings. The average Bonchev–Trinajstić information content (AvgIpc) is 2.79. The summed E-state index contributed by atoms with van der Waals surface area (Å²) in [5.41, 5.74) is 7.06. The molecule has 1 aromatic heterocycles. The lowest BCUT2D eigenvalue weighted by atomic mass is 9.78. The molecule has 1 unspecified atom stereocenters. The molecule has 0 saturated carbocycles. The Morgan fingerprint density at radius 3 is 2.35 bits per heavy atom. The molecule has 0 bridgehead atoms. The van der Waals surface area contributed by atoms with E-state index in [-0.39, 0.29) is 11.7 Å². The number of fused-ring (bicyclic) bond motifs is 3. The lowest BCUT2D eigenvalue weighted by molar-refractivity contribution is 0.593. The zero-order chi connectivity index (χ0) is 21.4. The minimum absolute atomic E-state index is 0.0455. The van der Waals surface area contributed by atoms with Crippen LogP contribution in [0.15, 0.2) is 79.0 Å². The number of hydrogen-bond donors (Lipinski definition) is 1. The predicted octanol–water partition coefficient (Wildman–Crippen LogP) is 6.84. The molecular formula is C27H24FN3. The Labute approximate surface area is 182 Å². The van der Waals surface area contributed by atoms with Crippen molar-refractivity contribution in [2.45, 2.75) is 32.1 Å². The fourth-order valence-corrected chi connectivity index (χ4v) is 4.31. The van der Waals surface area contributed by atoms with Crippen LogP contribution in [0.1, 0.15) is 47.9 Å². The fraction of sp³-hybridized carbons (Fsp3) is 0.185. The van der Waals surface area contributed by atoms with Crippen molar-refractivity contribution in [1.29, 1.82) is 0 Å². The topological polar surface area (TPSA) is 37.8 Å². The third-order valence-corrected chi connectivity index (χ3v) is 5.99. The Balaban J connectivity index is 1.50. The maximum Gasteiger partial charge on any atom is 0.227 e. The molecule has 0 saturated heterocycles. The highest BCUT2D eigenvalue weighted by Gasteiger charge is 2.28. The van der Waals surface area contributed by atoms with Crippen LogP contribution in [0.5, 0.6) is 0 Å². The molecule has 154 valence electrons. The Morgan fingerprint density at radius 1 is 0.903 bits per heavy atom. The van der Waals surface area contributed by atoms with Crippen molar-refractivity contribution in [3.63, 3.8) is 0 Å². The van der Waals surface area contributed by atoms with Gasteiger partial charge in [-0.05, 0) is 52.8 Å². The Bertz CT molecular complexity index is 1230. The van der Waals surface area contributed by atoms with Gasteiger partial charge in [0.25, 0.3) is 0 Å². The van der Waals surface area contributed by atoms with E-state index in [1.54, 1.807) is 6.07 Å². The van der Waals surface area contributed by atoms with Crippen LogP contribution in [0.4, 0.5) is 16.0 Å². The van der Waals surface area contributed by atoms with Crippen LogP contribution in [0.25, 0.3) is 11.3 Å². The quantitative estimate of drug-likeness (QED) is 0.401.